The van der Waals surface area contributed by atoms with Crippen LogP contribution in [0.2, 0.25) is 0 Å². The maximum atomic E-state index is 13.0. The molecular formula is C32H42N4O3S. The van der Waals surface area contributed by atoms with E-state index >= 15 is 0 Å². The Bertz CT molecular complexity index is 1270. The Morgan fingerprint density at radius 2 is 1.85 bits per heavy atom. The molecule has 0 bridgehead atoms. The molecular weight excluding hydrogens is 520 g/mol. The van der Waals surface area contributed by atoms with Crippen LogP contribution in [0.3, 0.4) is 0 Å². The molecule has 7 nitrogen and oxygen atoms in total. The number of aryl methyl sites for hydroxylation is 1. The lowest BCUT2D eigenvalue weighted by molar-refractivity contribution is -0.140. The summed E-state index contributed by atoms with van der Waals surface area (Å²) in [6.45, 7) is 11.9. The number of aromatic nitrogens is 1. The lowest BCUT2D eigenvalue weighted by Crippen LogP contribution is -2.52. The SMILES string of the molecule is CC.CC(C)C(C(=O)N1CCCC1C=O)N1Cc2ccccc2C1=O.CNCc1ccc(-c2scnc2C)cc1. The number of carbonyl (C=O) groups is 3. The van der Waals surface area contributed by atoms with Gasteiger partial charge in [-0.1, -0.05) is 70.2 Å². The van der Waals surface area contributed by atoms with Crippen molar-refractivity contribution in [1.29, 1.82) is 0 Å². The van der Waals surface area contributed by atoms with Crippen LogP contribution in [0.25, 0.3) is 10.4 Å². The zero-order valence-corrected chi connectivity index (χ0v) is 25.3. The van der Waals surface area contributed by atoms with E-state index in [4.69, 9.17) is 0 Å². The van der Waals surface area contributed by atoms with Crippen LogP contribution in [-0.2, 0) is 22.7 Å². The quantitative estimate of drug-likeness (QED) is 0.373. The van der Waals surface area contributed by atoms with Gasteiger partial charge in [0.2, 0.25) is 5.91 Å². The van der Waals surface area contributed by atoms with Crippen molar-refractivity contribution in [3.8, 4) is 10.4 Å². The highest BCUT2D eigenvalue weighted by Crippen LogP contribution is 2.30. The Kier molecular flexibility index (Phi) is 11.6. The van der Waals surface area contributed by atoms with Crippen molar-refractivity contribution in [2.75, 3.05) is 13.6 Å². The Balaban J connectivity index is 0.000000224. The molecule has 3 heterocycles. The van der Waals surface area contributed by atoms with Crippen LogP contribution in [0.5, 0.6) is 0 Å². The molecule has 214 valence electrons. The van der Waals surface area contributed by atoms with E-state index in [1.807, 2.05) is 71.4 Å². The number of nitrogens with zero attached hydrogens (tertiary/aromatic N) is 3. The molecule has 2 aromatic carbocycles. The number of hydrogen-bond donors (Lipinski definition) is 1. The summed E-state index contributed by atoms with van der Waals surface area (Å²) in [6, 6.07) is 15.3. The van der Waals surface area contributed by atoms with E-state index in [9.17, 15) is 14.4 Å². The number of likely N-dealkylation sites (tertiary alicyclic amines) is 1. The van der Waals surface area contributed by atoms with Gasteiger partial charge in [0.1, 0.15) is 12.3 Å². The molecule has 1 fully saturated rings. The zero-order chi connectivity index (χ0) is 29.2. The summed E-state index contributed by atoms with van der Waals surface area (Å²) in [7, 11) is 1.96. The van der Waals surface area contributed by atoms with Crippen molar-refractivity contribution in [1.82, 2.24) is 20.1 Å². The van der Waals surface area contributed by atoms with Gasteiger partial charge in [-0.2, -0.15) is 0 Å². The molecule has 3 aromatic rings. The first-order chi connectivity index (χ1) is 19.3. The first-order valence-corrected chi connectivity index (χ1v) is 15.0. The van der Waals surface area contributed by atoms with Crippen LogP contribution in [0.15, 0.2) is 54.0 Å². The van der Waals surface area contributed by atoms with Gasteiger partial charge in [0, 0.05) is 25.2 Å². The Labute approximate surface area is 242 Å². The van der Waals surface area contributed by atoms with Crippen molar-refractivity contribution in [2.45, 2.75) is 72.6 Å². The van der Waals surface area contributed by atoms with Crippen molar-refractivity contribution >= 4 is 29.4 Å². The van der Waals surface area contributed by atoms with Crippen LogP contribution < -0.4 is 5.32 Å². The third kappa shape index (κ3) is 7.04. The van der Waals surface area contributed by atoms with E-state index in [-0.39, 0.29) is 23.8 Å². The van der Waals surface area contributed by atoms with E-state index in [1.165, 1.54) is 16.0 Å². The Hall–Kier alpha value is -3.36. The second-order valence-corrected chi connectivity index (χ2v) is 11.0. The highest BCUT2D eigenvalue weighted by Gasteiger charge is 2.42. The number of carbonyl (C=O) groups excluding carboxylic acids is 3. The summed E-state index contributed by atoms with van der Waals surface area (Å²) < 4.78 is 0. The molecule has 2 aliphatic rings. The minimum Gasteiger partial charge on any atom is -0.331 e. The van der Waals surface area contributed by atoms with E-state index in [0.717, 1.165) is 30.5 Å². The van der Waals surface area contributed by atoms with Crippen LogP contribution >= 0.6 is 11.3 Å². The van der Waals surface area contributed by atoms with E-state index < -0.39 is 6.04 Å². The predicted octanol–water partition coefficient (Wildman–Crippen LogP) is 5.72. The smallest absolute Gasteiger partial charge is 0.255 e. The molecule has 40 heavy (non-hydrogen) atoms. The molecule has 0 aliphatic carbocycles. The minimum absolute atomic E-state index is 0.00587. The highest BCUT2D eigenvalue weighted by molar-refractivity contribution is 7.13. The number of hydrogen-bond acceptors (Lipinski definition) is 6. The van der Waals surface area contributed by atoms with Crippen LogP contribution in [-0.4, -0.2) is 58.6 Å². The Morgan fingerprint density at radius 3 is 2.42 bits per heavy atom. The molecule has 0 radical (unpaired) electrons. The maximum Gasteiger partial charge on any atom is 0.255 e. The summed E-state index contributed by atoms with van der Waals surface area (Å²) >= 11 is 1.70. The molecule has 1 aromatic heterocycles. The predicted molar refractivity (Wildman–Crippen MR) is 162 cm³/mol. The number of benzene rings is 2. The van der Waals surface area contributed by atoms with Gasteiger partial charge in [-0.05, 0) is 55.5 Å². The van der Waals surface area contributed by atoms with Crippen LogP contribution in [0.1, 0.15) is 67.7 Å². The fraction of sp³-hybridized carbons (Fsp3) is 0.438. The lowest BCUT2D eigenvalue weighted by Gasteiger charge is -2.34. The van der Waals surface area contributed by atoms with Gasteiger partial charge in [-0.3, -0.25) is 9.59 Å². The first-order valence-electron chi connectivity index (χ1n) is 14.1. The second kappa shape index (κ2) is 14.9. The lowest BCUT2D eigenvalue weighted by atomic mass is 10.0. The first kappa shape index (κ1) is 31.2. The van der Waals surface area contributed by atoms with Gasteiger partial charge >= 0.3 is 0 Å². The topological polar surface area (TPSA) is 82.6 Å². The average Bonchev–Trinajstić information content (AvgIpc) is 3.70. The third-order valence-corrected chi connectivity index (χ3v) is 8.13. The molecule has 8 heteroatoms. The Morgan fingerprint density at radius 1 is 1.15 bits per heavy atom. The summed E-state index contributed by atoms with van der Waals surface area (Å²) in [5.74, 6) is -0.195. The molecule has 1 N–H and O–H groups in total. The average molecular weight is 563 g/mol. The standard InChI is InChI=1S/C18H22N2O3.C12H14N2S.C2H6/c1-12(2)16(18(23)19-9-5-7-14(19)11-21)20-10-13-6-3-4-8-15(13)17(20)22;1-9-12(15-8-14-9)11-5-3-10(4-6-11)7-13-2;1-2/h3-4,6,8,11-12,14,16H,5,7,9-10H2,1-2H3;3-6,8,13H,7H2,1-2H3;1-2H3. The minimum atomic E-state index is -0.518. The molecule has 2 aliphatic heterocycles. The van der Waals surface area contributed by atoms with Gasteiger partial charge in [-0.25, -0.2) is 4.98 Å². The molecule has 5 rings (SSSR count). The van der Waals surface area contributed by atoms with Crippen LogP contribution in [0.4, 0.5) is 0 Å². The zero-order valence-electron chi connectivity index (χ0n) is 24.5. The van der Waals surface area contributed by atoms with Gasteiger partial charge < -0.3 is 19.9 Å². The van der Waals surface area contributed by atoms with Crippen molar-refractivity contribution in [3.63, 3.8) is 0 Å². The van der Waals surface area contributed by atoms with Crippen LogP contribution in [0, 0.1) is 12.8 Å². The summed E-state index contributed by atoms with van der Waals surface area (Å²) in [5, 5.41) is 3.14. The number of fused-ring (bicyclic) bond motifs is 1. The van der Waals surface area contributed by atoms with Crippen molar-refractivity contribution < 1.29 is 14.4 Å². The fourth-order valence-electron chi connectivity index (χ4n) is 5.21. The van der Waals surface area contributed by atoms with Crippen molar-refractivity contribution in [3.05, 3.63) is 76.4 Å². The van der Waals surface area contributed by atoms with Crippen molar-refractivity contribution in [2.24, 2.45) is 5.92 Å². The fourth-order valence-corrected chi connectivity index (χ4v) is 6.03. The number of nitrogens with one attached hydrogen (secondary N) is 1. The summed E-state index contributed by atoms with van der Waals surface area (Å²) in [5.41, 5.74) is 7.22. The maximum absolute atomic E-state index is 13.0. The number of rotatable bonds is 7. The van der Waals surface area contributed by atoms with Gasteiger partial charge in [-0.15, -0.1) is 11.3 Å². The second-order valence-electron chi connectivity index (χ2n) is 10.2. The van der Waals surface area contributed by atoms with Gasteiger partial charge in [0.15, 0.2) is 0 Å². The summed E-state index contributed by atoms with van der Waals surface area (Å²) in [6.07, 6.45) is 2.41. The van der Waals surface area contributed by atoms with E-state index in [1.54, 1.807) is 21.1 Å². The number of thiazole rings is 1. The molecule has 1 saturated heterocycles. The third-order valence-electron chi connectivity index (χ3n) is 7.15. The van der Waals surface area contributed by atoms with Gasteiger partial charge in [0.25, 0.3) is 5.91 Å². The molecule has 2 atom stereocenters. The number of amides is 2. The molecule has 2 amide bonds. The normalized spacial score (nSPS) is 16.6. The largest absolute Gasteiger partial charge is 0.331 e. The summed E-state index contributed by atoms with van der Waals surface area (Å²) in [4.78, 5) is 45.8. The molecule has 0 spiro atoms. The van der Waals surface area contributed by atoms with Gasteiger partial charge in [0.05, 0.1) is 22.1 Å². The van der Waals surface area contributed by atoms with E-state index in [0.29, 0.717) is 25.1 Å². The molecule has 0 saturated carbocycles. The number of aldehydes is 1. The van der Waals surface area contributed by atoms with E-state index in [2.05, 4.69) is 34.6 Å². The monoisotopic (exact) mass is 562 g/mol. The highest BCUT2D eigenvalue weighted by atomic mass is 32.1. The molecule has 2 unspecified atom stereocenters.